The average molecular weight is 346 g/mol. The van der Waals surface area contributed by atoms with Crippen LogP contribution in [-0.4, -0.2) is 21.6 Å². The highest BCUT2D eigenvalue weighted by molar-refractivity contribution is 6.35. The summed E-state index contributed by atoms with van der Waals surface area (Å²) >= 11 is 12.0. The number of amides is 1. The highest BCUT2D eigenvalue weighted by Crippen LogP contribution is 2.26. The van der Waals surface area contributed by atoms with Crippen LogP contribution in [0.1, 0.15) is 18.1 Å². The molecule has 1 amide bonds. The molecule has 0 fully saturated rings. The lowest BCUT2D eigenvalue weighted by atomic mass is 10.2. The van der Waals surface area contributed by atoms with Gasteiger partial charge in [-0.25, -0.2) is 4.99 Å². The predicted molar refractivity (Wildman–Crippen MR) is 92.3 cm³/mol. The third-order valence-corrected chi connectivity index (χ3v) is 4.04. The first-order chi connectivity index (χ1) is 11.0. The van der Waals surface area contributed by atoms with Crippen molar-refractivity contribution in [2.45, 2.75) is 13.5 Å². The van der Waals surface area contributed by atoms with E-state index in [0.29, 0.717) is 33.7 Å². The van der Waals surface area contributed by atoms with Crippen molar-refractivity contribution in [1.82, 2.24) is 9.88 Å². The van der Waals surface area contributed by atoms with Crippen LogP contribution in [0.3, 0.4) is 0 Å². The highest BCUT2D eigenvalue weighted by Gasteiger charge is 2.27. The van der Waals surface area contributed by atoms with Gasteiger partial charge in [0.15, 0.2) is 0 Å². The van der Waals surface area contributed by atoms with Crippen LogP contribution in [-0.2, 0) is 11.3 Å². The second kappa shape index (κ2) is 6.52. The zero-order valence-electron chi connectivity index (χ0n) is 12.3. The van der Waals surface area contributed by atoms with Gasteiger partial charge >= 0.3 is 0 Å². The lowest BCUT2D eigenvalue weighted by molar-refractivity contribution is -0.123. The molecule has 0 unspecified atom stereocenters. The molecule has 1 aromatic heterocycles. The first-order valence-electron chi connectivity index (χ1n) is 6.97. The Hall–Kier alpha value is -2.17. The number of pyridine rings is 1. The number of benzene rings is 1. The molecular weight excluding hydrogens is 333 g/mol. The van der Waals surface area contributed by atoms with E-state index in [-0.39, 0.29) is 5.91 Å². The average Bonchev–Trinajstić information content (AvgIpc) is 2.79. The van der Waals surface area contributed by atoms with Crippen molar-refractivity contribution < 1.29 is 4.79 Å². The van der Waals surface area contributed by atoms with E-state index in [4.69, 9.17) is 23.2 Å². The van der Waals surface area contributed by atoms with Gasteiger partial charge < -0.3 is 0 Å². The maximum Gasteiger partial charge on any atom is 0.278 e. The van der Waals surface area contributed by atoms with E-state index in [2.05, 4.69) is 9.98 Å². The van der Waals surface area contributed by atoms with Crippen molar-refractivity contribution in [3.05, 3.63) is 69.6 Å². The molecule has 2 heterocycles. The van der Waals surface area contributed by atoms with Crippen LogP contribution in [0.5, 0.6) is 0 Å². The van der Waals surface area contributed by atoms with E-state index in [1.54, 1.807) is 41.6 Å². The summed E-state index contributed by atoms with van der Waals surface area (Å²) in [5.74, 6) is 0.508. The Morgan fingerprint density at radius 2 is 1.91 bits per heavy atom. The van der Waals surface area contributed by atoms with Gasteiger partial charge in [0.05, 0.1) is 6.54 Å². The Morgan fingerprint density at radius 3 is 2.61 bits per heavy atom. The zero-order chi connectivity index (χ0) is 16.4. The fourth-order valence-corrected chi connectivity index (χ4v) is 2.75. The number of nitrogens with zero attached hydrogens (tertiary/aromatic N) is 3. The fourth-order valence-electron chi connectivity index (χ4n) is 2.28. The van der Waals surface area contributed by atoms with Crippen molar-refractivity contribution in [3.63, 3.8) is 0 Å². The van der Waals surface area contributed by atoms with Crippen molar-refractivity contribution >= 4 is 41.0 Å². The summed E-state index contributed by atoms with van der Waals surface area (Å²) in [5.41, 5.74) is 2.07. The van der Waals surface area contributed by atoms with Gasteiger partial charge in [-0.05, 0) is 48.4 Å². The van der Waals surface area contributed by atoms with E-state index in [1.165, 1.54) is 0 Å². The third-order valence-electron chi connectivity index (χ3n) is 3.48. The Balaban J connectivity index is 1.86. The first-order valence-corrected chi connectivity index (χ1v) is 7.73. The maximum atomic E-state index is 12.6. The Bertz CT molecular complexity index is 816. The normalized spacial score (nSPS) is 16.1. The number of hydrogen-bond donors (Lipinski definition) is 0. The molecule has 6 heteroatoms. The Labute approximate surface area is 144 Å². The second-order valence-electron chi connectivity index (χ2n) is 5.10. The molecule has 2 aromatic rings. The number of amidine groups is 1. The molecule has 0 radical (unpaired) electrons. The van der Waals surface area contributed by atoms with E-state index < -0.39 is 0 Å². The monoisotopic (exact) mass is 345 g/mol. The number of aliphatic imine (C=N–C) groups is 1. The quantitative estimate of drug-likeness (QED) is 0.783. The second-order valence-corrected chi connectivity index (χ2v) is 5.94. The summed E-state index contributed by atoms with van der Waals surface area (Å²) in [6.45, 7) is 2.27. The molecule has 0 saturated carbocycles. The van der Waals surface area contributed by atoms with Gasteiger partial charge in [-0.2, -0.15) is 0 Å². The SMILES string of the molecule is CC1=N/C(=C/c2ccc(Cl)cc2Cl)C(=O)N1Cc1ccncc1. The number of hydrogen-bond acceptors (Lipinski definition) is 3. The molecule has 1 aromatic carbocycles. The molecule has 1 aliphatic heterocycles. The van der Waals surface area contributed by atoms with E-state index in [9.17, 15) is 4.79 Å². The third kappa shape index (κ3) is 3.44. The largest absolute Gasteiger partial charge is 0.291 e. The summed E-state index contributed by atoms with van der Waals surface area (Å²) in [6.07, 6.45) is 5.08. The molecule has 0 saturated heterocycles. The fraction of sp³-hybridized carbons (Fsp3) is 0.118. The van der Waals surface area contributed by atoms with E-state index >= 15 is 0 Å². The molecule has 116 valence electrons. The molecule has 0 bridgehead atoms. The Morgan fingerprint density at radius 1 is 1.17 bits per heavy atom. The molecule has 0 spiro atoms. The zero-order valence-corrected chi connectivity index (χ0v) is 13.8. The summed E-state index contributed by atoms with van der Waals surface area (Å²) in [7, 11) is 0. The number of carbonyl (C=O) groups is 1. The van der Waals surface area contributed by atoms with Crippen molar-refractivity contribution in [2.75, 3.05) is 0 Å². The molecule has 0 atom stereocenters. The Kier molecular flexibility index (Phi) is 4.46. The highest BCUT2D eigenvalue weighted by atomic mass is 35.5. The molecule has 23 heavy (non-hydrogen) atoms. The van der Waals surface area contributed by atoms with Crippen molar-refractivity contribution in [2.24, 2.45) is 4.99 Å². The molecule has 0 N–H and O–H groups in total. The molecule has 3 rings (SSSR count). The minimum Gasteiger partial charge on any atom is -0.291 e. The lowest BCUT2D eigenvalue weighted by Gasteiger charge is -2.15. The van der Waals surface area contributed by atoms with Crippen LogP contribution in [0, 0.1) is 0 Å². The van der Waals surface area contributed by atoms with Gasteiger partial charge in [-0.3, -0.25) is 14.7 Å². The van der Waals surface area contributed by atoms with Crippen LogP contribution in [0.25, 0.3) is 6.08 Å². The minimum absolute atomic E-state index is 0.148. The van der Waals surface area contributed by atoms with Crippen LogP contribution in [0.4, 0.5) is 0 Å². The summed E-state index contributed by atoms with van der Waals surface area (Å²) in [5, 5.41) is 1.03. The van der Waals surface area contributed by atoms with Crippen LogP contribution < -0.4 is 0 Å². The summed E-state index contributed by atoms with van der Waals surface area (Å²) < 4.78 is 0. The first kappa shape index (κ1) is 15.7. The standard InChI is InChI=1S/C17H13Cl2N3O/c1-11-21-16(8-13-2-3-14(18)9-15(13)19)17(23)22(11)10-12-4-6-20-7-5-12/h2-9H,10H2,1H3/b16-8+. The van der Waals surface area contributed by atoms with Gasteiger partial charge in [0, 0.05) is 22.4 Å². The lowest BCUT2D eigenvalue weighted by Crippen LogP contribution is -2.29. The number of halogens is 2. The molecule has 4 nitrogen and oxygen atoms in total. The molecule has 1 aliphatic rings. The van der Waals surface area contributed by atoms with Crippen molar-refractivity contribution in [1.29, 1.82) is 0 Å². The van der Waals surface area contributed by atoms with Crippen LogP contribution >= 0.6 is 23.2 Å². The van der Waals surface area contributed by atoms with Gasteiger partial charge in [-0.15, -0.1) is 0 Å². The maximum absolute atomic E-state index is 12.6. The van der Waals surface area contributed by atoms with Gasteiger partial charge in [0.25, 0.3) is 5.91 Å². The van der Waals surface area contributed by atoms with E-state index in [1.807, 2.05) is 19.1 Å². The molecular formula is C17H13Cl2N3O. The van der Waals surface area contributed by atoms with Gasteiger partial charge in [0.1, 0.15) is 11.5 Å². The number of rotatable bonds is 3. The van der Waals surface area contributed by atoms with E-state index in [0.717, 1.165) is 5.56 Å². The summed E-state index contributed by atoms with van der Waals surface area (Å²) in [4.78, 5) is 22.5. The predicted octanol–water partition coefficient (Wildman–Crippen LogP) is 4.19. The summed E-state index contributed by atoms with van der Waals surface area (Å²) in [6, 6.07) is 8.88. The number of carbonyl (C=O) groups excluding carboxylic acids is 1. The van der Waals surface area contributed by atoms with Crippen molar-refractivity contribution in [3.8, 4) is 0 Å². The topological polar surface area (TPSA) is 45.6 Å². The van der Waals surface area contributed by atoms with Crippen LogP contribution in [0.2, 0.25) is 10.0 Å². The number of aromatic nitrogens is 1. The van der Waals surface area contributed by atoms with Crippen LogP contribution in [0.15, 0.2) is 53.4 Å². The smallest absolute Gasteiger partial charge is 0.278 e. The minimum atomic E-state index is -0.148. The van der Waals surface area contributed by atoms with Gasteiger partial charge in [-0.1, -0.05) is 29.3 Å². The van der Waals surface area contributed by atoms with Gasteiger partial charge in [0.2, 0.25) is 0 Å². The molecule has 0 aliphatic carbocycles.